The van der Waals surface area contributed by atoms with Crippen LogP contribution in [0, 0.1) is 11.3 Å². The number of sulfonamides is 1. The summed E-state index contributed by atoms with van der Waals surface area (Å²) in [6.07, 6.45) is -0.454. The van der Waals surface area contributed by atoms with E-state index in [9.17, 15) is 27.9 Å². The summed E-state index contributed by atoms with van der Waals surface area (Å²) in [7, 11) is -4.00. The third-order valence-corrected chi connectivity index (χ3v) is 9.11. The van der Waals surface area contributed by atoms with E-state index in [0.29, 0.717) is 18.8 Å². The Morgan fingerprint density at radius 1 is 1.02 bits per heavy atom. The number of carbonyl (C=O) groups excluding carboxylic acids is 3. The van der Waals surface area contributed by atoms with Gasteiger partial charge in [-0.15, -0.1) is 0 Å². The van der Waals surface area contributed by atoms with Gasteiger partial charge in [-0.3, -0.25) is 14.4 Å². The lowest BCUT2D eigenvalue weighted by Gasteiger charge is -2.34. The first-order valence-electron chi connectivity index (χ1n) is 14.9. The van der Waals surface area contributed by atoms with Gasteiger partial charge in [0.1, 0.15) is 11.8 Å². The molecule has 1 aliphatic heterocycles. The molecule has 44 heavy (non-hydrogen) atoms. The Hall–Kier alpha value is -3.48. The average Bonchev–Trinajstić information content (AvgIpc) is 3.42. The van der Waals surface area contributed by atoms with E-state index in [1.807, 2.05) is 44.2 Å². The number of nitrogens with zero attached hydrogens (tertiary/aromatic N) is 1. The number of nitrogens with one attached hydrogen (secondary N) is 3. The minimum atomic E-state index is -4.00. The Bertz CT molecular complexity index is 1410. The highest BCUT2D eigenvalue weighted by atomic mass is 32.2. The van der Waals surface area contributed by atoms with Gasteiger partial charge in [0.2, 0.25) is 27.7 Å². The summed E-state index contributed by atoms with van der Waals surface area (Å²) < 4.78 is 34.6. The van der Waals surface area contributed by atoms with E-state index in [1.54, 1.807) is 32.9 Å². The summed E-state index contributed by atoms with van der Waals surface area (Å²) in [6.45, 7) is 10.5. The van der Waals surface area contributed by atoms with Crippen LogP contribution in [0.4, 0.5) is 0 Å². The lowest BCUT2D eigenvalue weighted by molar-refractivity contribution is -0.132. The van der Waals surface area contributed by atoms with Crippen molar-refractivity contribution in [2.24, 2.45) is 11.3 Å². The molecule has 1 heterocycles. The molecular weight excluding hydrogens is 584 g/mol. The summed E-state index contributed by atoms with van der Waals surface area (Å²) >= 11 is 0. The van der Waals surface area contributed by atoms with E-state index in [1.165, 1.54) is 17.3 Å². The van der Waals surface area contributed by atoms with Crippen LogP contribution in [0.15, 0.2) is 53.4 Å². The van der Waals surface area contributed by atoms with Gasteiger partial charge in [0.15, 0.2) is 0 Å². The lowest BCUT2D eigenvalue weighted by atomic mass is 9.85. The topological polar surface area (TPSA) is 154 Å². The van der Waals surface area contributed by atoms with Crippen LogP contribution < -0.4 is 20.7 Å². The summed E-state index contributed by atoms with van der Waals surface area (Å²) in [6, 6.07) is 12.2. The van der Waals surface area contributed by atoms with E-state index in [0.717, 1.165) is 11.1 Å². The van der Waals surface area contributed by atoms with E-state index in [4.69, 9.17) is 4.74 Å². The fourth-order valence-corrected chi connectivity index (χ4v) is 6.67. The monoisotopic (exact) mass is 630 g/mol. The second-order valence-corrected chi connectivity index (χ2v) is 14.7. The predicted octanol–water partition coefficient (Wildman–Crippen LogP) is 2.02. The minimum absolute atomic E-state index is 0.0407. The molecule has 242 valence electrons. The van der Waals surface area contributed by atoms with Gasteiger partial charge < -0.3 is 25.8 Å². The zero-order valence-corrected chi connectivity index (χ0v) is 27.2. The van der Waals surface area contributed by atoms with Crippen LogP contribution in [-0.4, -0.2) is 80.0 Å². The molecule has 0 unspecified atom stereocenters. The molecule has 3 atom stereocenters. The number of carbonyl (C=O) groups is 3. The Labute approximate surface area is 260 Å². The van der Waals surface area contributed by atoms with E-state index >= 15 is 0 Å². The second-order valence-electron chi connectivity index (χ2n) is 12.7. The number of hydrogen-bond acceptors (Lipinski definition) is 7. The fraction of sp³-hybridized carbons (Fsp3) is 0.531. The number of rotatable bonds is 14. The van der Waals surface area contributed by atoms with E-state index in [-0.39, 0.29) is 42.8 Å². The summed E-state index contributed by atoms with van der Waals surface area (Å²) in [5.41, 5.74) is 0.928. The van der Waals surface area contributed by atoms with Gasteiger partial charge in [-0.1, -0.05) is 65.0 Å². The smallest absolute Gasteiger partial charge is 0.243 e. The Kier molecular flexibility index (Phi) is 11.9. The van der Waals surface area contributed by atoms with Crippen molar-refractivity contribution in [2.45, 2.75) is 77.5 Å². The maximum absolute atomic E-state index is 13.9. The fourth-order valence-electron chi connectivity index (χ4n) is 5.00. The number of benzene rings is 2. The normalized spacial score (nSPS) is 15.2. The zero-order chi connectivity index (χ0) is 32.7. The number of aliphatic hydroxyl groups is 1. The van der Waals surface area contributed by atoms with Crippen molar-refractivity contribution in [3.8, 4) is 5.75 Å². The Balaban J connectivity index is 1.89. The van der Waals surface area contributed by atoms with Crippen LogP contribution in [0.2, 0.25) is 0 Å². The maximum Gasteiger partial charge on any atom is 0.243 e. The van der Waals surface area contributed by atoms with Crippen molar-refractivity contribution in [2.75, 3.05) is 26.2 Å². The Morgan fingerprint density at radius 3 is 2.32 bits per heavy atom. The molecule has 4 N–H and O–H groups in total. The molecule has 3 amide bonds. The minimum Gasteiger partial charge on any atom is -0.493 e. The molecule has 2 aromatic rings. The van der Waals surface area contributed by atoms with Gasteiger partial charge in [0, 0.05) is 26.4 Å². The third kappa shape index (κ3) is 9.76. The molecule has 0 saturated heterocycles. The highest BCUT2D eigenvalue weighted by Crippen LogP contribution is 2.29. The molecule has 3 rings (SSSR count). The van der Waals surface area contributed by atoms with Crippen molar-refractivity contribution < 1.29 is 32.6 Å². The van der Waals surface area contributed by atoms with Crippen LogP contribution in [0.1, 0.15) is 52.7 Å². The molecular formula is C32H46N4O7S. The molecule has 0 bridgehead atoms. The summed E-state index contributed by atoms with van der Waals surface area (Å²) in [4.78, 5) is 37.6. The van der Waals surface area contributed by atoms with Crippen LogP contribution in [-0.2, 0) is 37.2 Å². The summed E-state index contributed by atoms with van der Waals surface area (Å²) in [5, 5.41) is 19.6. The molecule has 0 fully saturated rings. The van der Waals surface area contributed by atoms with Crippen molar-refractivity contribution in [3.63, 3.8) is 0 Å². The van der Waals surface area contributed by atoms with Crippen LogP contribution >= 0.6 is 0 Å². The second kappa shape index (κ2) is 15.0. The number of hydrogen-bond donors (Lipinski definition) is 4. The summed E-state index contributed by atoms with van der Waals surface area (Å²) in [5.74, 6) is -0.824. The van der Waals surface area contributed by atoms with Gasteiger partial charge in [0.25, 0.3) is 0 Å². The van der Waals surface area contributed by atoms with Gasteiger partial charge in [-0.2, -0.15) is 4.31 Å². The number of amides is 3. The molecule has 0 saturated carbocycles. The largest absolute Gasteiger partial charge is 0.493 e. The van der Waals surface area contributed by atoms with Crippen LogP contribution in [0.25, 0.3) is 0 Å². The highest BCUT2D eigenvalue weighted by Gasteiger charge is 2.37. The van der Waals surface area contributed by atoms with Crippen LogP contribution in [0.5, 0.6) is 5.75 Å². The lowest BCUT2D eigenvalue weighted by Crippen LogP contribution is -2.59. The molecule has 0 aromatic heterocycles. The molecule has 0 radical (unpaired) electrons. The first-order chi connectivity index (χ1) is 20.6. The average molecular weight is 631 g/mol. The Morgan fingerprint density at radius 2 is 1.70 bits per heavy atom. The van der Waals surface area contributed by atoms with Crippen LogP contribution in [0.3, 0.4) is 0 Å². The van der Waals surface area contributed by atoms with Gasteiger partial charge in [-0.05, 0) is 47.1 Å². The van der Waals surface area contributed by atoms with Crippen molar-refractivity contribution in [1.29, 1.82) is 0 Å². The van der Waals surface area contributed by atoms with Crippen molar-refractivity contribution in [1.82, 2.24) is 20.3 Å². The molecule has 0 spiro atoms. The predicted molar refractivity (Wildman–Crippen MR) is 167 cm³/mol. The molecule has 12 heteroatoms. The zero-order valence-electron chi connectivity index (χ0n) is 26.4. The number of fused-ring (bicyclic) bond motifs is 1. The van der Waals surface area contributed by atoms with Crippen molar-refractivity contribution in [3.05, 3.63) is 59.7 Å². The van der Waals surface area contributed by atoms with E-state index in [2.05, 4.69) is 16.0 Å². The van der Waals surface area contributed by atoms with E-state index < -0.39 is 45.4 Å². The standard InChI is InChI=1S/C32H46N4O7S/c1-21(2)19-36(44(41,42)25-12-13-28-24(17-25)14-15-43-28)20-27(38)26(16-23-10-8-7-9-11-23)34-31(40)30(32(4,5)6)35-29(39)18-33-22(3)37/h7-13,17,21,26-27,30,38H,14-16,18-20H2,1-6H3,(H,33,37)(H,34,40)(H,35,39)/t26-,27+,30+/m0/s1. The van der Waals surface area contributed by atoms with Gasteiger partial charge >= 0.3 is 0 Å². The number of aliphatic hydroxyl groups excluding tert-OH is 1. The molecule has 0 aliphatic carbocycles. The van der Waals surface area contributed by atoms with Gasteiger partial charge in [-0.25, -0.2) is 8.42 Å². The number of ether oxygens (including phenoxy) is 1. The SMILES string of the molecule is CC(=O)NCC(=O)N[C@H](C(=O)N[C@@H](Cc1ccccc1)[C@H](O)CN(CC(C)C)S(=O)(=O)c1ccc2c(c1)CCO2)C(C)(C)C. The van der Waals surface area contributed by atoms with Crippen molar-refractivity contribution >= 4 is 27.7 Å². The third-order valence-electron chi connectivity index (χ3n) is 7.28. The highest BCUT2D eigenvalue weighted by molar-refractivity contribution is 7.89. The maximum atomic E-state index is 13.9. The molecule has 2 aromatic carbocycles. The molecule has 11 nitrogen and oxygen atoms in total. The first kappa shape index (κ1) is 35.0. The molecule has 1 aliphatic rings. The first-order valence-corrected chi connectivity index (χ1v) is 16.3. The quantitative estimate of drug-likeness (QED) is 0.249. The van der Waals surface area contributed by atoms with Gasteiger partial charge in [0.05, 0.1) is 30.2 Å².